The highest BCUT2D eigenvalue weighted by Crippen LogP contribution is 2.28. The molecule has 1 saturated heterocycles. The third-order valence-corrected chi connectivity index (χ3v) is 4.08. The molecule has 3 heteroatoms. The number of hydrogen-bond donors (Lipinski definition) is 1. The molecule has 1 fully saturated rings. The zero-order valence-electron chi connectivity index (χ0n) is 12.0. The molecule has 20 heavy (non-hydrogen) atoms. The summed E-state index contributed by atoms with van der Waals surface area (Å²) in [5.74, 6) is 0.679. The summed E-state index contributed by atoms with van der Waals surface area (Å²) in [7, 11) is 0. The van der Waals surface area contributed by atoms with Gasteiger partial charge in [0, 0.05) is 30.8 Å². The van der Waals surface area contributed by atoms with E-state index in [1.165, 1.54) is 17.4 Å². The molecule has 1 aliphatic rings. The summed E-state index contributed by atoms with van der Waals surface area (Å²) in [5, 5.41) is 4.81. The molecule has 0 spiro atoms. The van der Waals surface area contributed by atoms with Gasteiger partial charge in [0.2, 0.25) is 0 Å². The van der Waals surface area contributed by atoms with Gasteiger partial charge in [-0.1, -0.05) is 25.1 Å². The maximum absolute atomic E-state index is 5.50. The van der Waals surface area contributed by atoms with E-state index in [2.05, 4.69) is 41.5 Å². The molecular weight excluding hydrogens is 248 g/mol. The van der Waals surface area contributed by atoms with Crippen LogP contribution >= 0.6 is 0 Å². The Morgan fingerprint density at radius 2 is 2.35 bits per heavy atom. The van der Waals surface area contributed by atoms with Crippen LogP contribution in [0.5, 0.6) is 0 Å². The summed E-state index contributed by atoms with van der Waals surface area (Å²) in [5.41, 5.74) is 2.42. The smallest absolute Gasteiger partial charge is 0.0705 e. The average Bonchev–Trinajstić information content (AvgIpc) is 2.99. The summed E-state index contributed by atoms with van der Waals surface area (Å²) in [6, 6.07) is 11.1. The van der Waals surface area contributed by atoms with Crippen molar-refractivity contribution in [2.75, 3.05) is 19.8 Å². The molecule has 2 unspecified atom stereocenters. The predicted molar refractivity (Wildman–Crippen MR) is 81.7 cm³/mol. The van der Waals surface area contributed by atoms with Gasteiger partial charge < -0.3 is 10.1 Å². The predicted octanol–water partition coefficient (Wildman–Crippen LogP) is 3.31. The Morgan fingerprint density at radius 1 is 1.40 bits per heavy atom. The second-order valence-corrected chi connectivity index (χ2v) is 5.53. The Balaban J connectivity index is 1.83. The Labute approximate surface area is 120 Å². The van der Waals surface area contributed by atoms with E-state index in [0.29, 0.717) is 12.0 Å². The molecule has 2 aromatic rings. The van der Waals surface area contributed by atoms with Crippen LogP contribution in [-0.4, -0.2) is 24.7 Å². The number of benzene rings is 1. The van der Waals surface area contributed by atoms with E-state index >= 15 is 0 Å². The molecule has 3 rings (SSSR count). The lowest BCUT2D eigenvalue weighted by Gasteiger charge is -2.21. The Kier molecular flexibility index (Phi) is 4.28. The van der Waals surface area contributed by atoms with E-state index < -0.39 is 0 Å². The molecule has 1 N–H and O–H groups in total. The van der Waals surface area contributed by atoms with Gasteiger partial charge in [-0.3, -0.25) is 4.98 Å². The Bertz CT molecular complexity index is 564. The van der Waals surface area contributed by atoms with Gasteiger partial charge in [-0.15, -0.1) is 0 Å². The first-order valence-electron chi connectivity index (χ1n) is 7.52. The molecule has 1 aromatic carbocycles. The standard InChI is InChI=1S/C17H22N2O/c1-2-18-16(10-13-7-9-20-12-13)15-6-5-14-4-3-8-19-17(14)11-15/h3-6,8,11,13,16,18H,2,7,9-10,12H2,1H3. The van der Waals surface area contributed by atoms with Crippen molar-refractivity contribution in [1.29, 1.82) is 0 Å². The first kappa shape index (κ1) is 13.5. The summed E-state index contributed by atoms with van der Waals surface area (Å²) in [4.78, 5) is 4.46. The van der Waals surface area contributed by atoms with E-state index in [1.54, 1.807) is 0 Å². The van der Waals surface area contributed by atoms with E-state index in [-0.39, 0.29) is 0 Å². The first-order valence-corrected chi connectivity index (χ1v) is 7.52. The van der Waals surface area contributed by atoms with Crippen molar-refractivity contribution in [2.45, 2.75) is 25.8 Å². The summed E-state index contributed by atoms with van der Waals surface area (Å²) in [6.07, 6.45) is 4.19. The topological polar surface area (TPSA) is 34.1 Å². The highest BCUT2D eigenvalue weighted by atomic mass is 16.5. The highest BCUT2D eigenvalue weighted by Gasteiger charge is 2.21. The monoisotopic (exact) mass is 270 g/mol. The number of nitrogens with zero attached hydrogens (tertiary/aromatic N) is 1. The molecule has 0 amide bonds. The van der Waals surface area contributed by atoms with Crippen molar-refractivity contribution in [2.24, 2.45) is 5.92 Å². The minimum absolute atomic E-state index is 0.401. The summed E-state index contributed by atoms with van der Waals surface area (Å²) >= 11 is 0. The molecule has 0 saturated carbocycles. The van der Waals surface area contributed by atoms with E-state index in [0.717, 1.165) is 31.7 Å². The van der Waals surface area contributed by atoms with E-state index in [9.17, 15) is 0 Å². The van der Waals surface area contributed by atoms with Crippen molar-refractivity contribution in [1.82, 2.24) is 10.3 Å². The van der Waals surface area contributed by atoms with Gasteiger partial charge in [0.1, 0.15) is 0 Å². The lowest BCUT2D eigenvalue weighted by molar-refractivity contribution is 0.181. The van der Waals surface area contributed by atoms with Crippen LogP contribution in [0.4, 0.5) is 0 Å². The van der Waals surface area contributed by atoms with Crippen LogP contribution in [-0.2, 0) is 4.74 Å². The Morgan fingerprint density at radius 3 is 3.15 bits per heavy atom. The Hall–Kier alpha value is -1.45. The molecule has 1 aromatic heterocycles. The number of rotatable bonds is 5. The maximum Gasteiger partial charge on any atom is 0.0705 e. The van der Waals surface area contributed by atoms with Gasteiger partial charge in [0.05, 0.1) is 5.52 Å². The van der Waals surface area contributed by atoms with Crippen LogP contribution in [0.15, 0.2) is 36.5 Å². The summed E-state index contributed by atoms with van der Waals surface area (Å²) < 4.78 is 5.50. The van der Waals surface area contributed by atoms with Crippen molar-refractivity contribution in [3.63, 3.8) is 0 Å². The third kappa shape index (κ3) is 3.00. The fourth-order valence-electron chi connectivity index (χ4n) is 2.99. The highest BCUT2D eigenvalue weighted by molar-refractivity contribution is 5.78. The van der Waals surface area contributed by atoms with Crippen LogP contribution in [0.3, 0.4) is 0 Å². The lowest BCUT2D eigenvalue weighted by atomic mass is 9.93. The molecule has 106 valence electrons. The van der Waals surface area contributed by atoms with Gasteiger partial charge in [-0.2, -0.15) is 0 Å². The van der Waals surface area contributed by atoms with Crippen LogP contribution in [0.2, 0.25) is 0 Å². The SMILES string of the molecule is CCNC(CC1CCOC1)c1ccc2cccnc2c1. The van der Waals surface area contributed by atoms with Crippen LogP contribution < -0.4 is 5.32 Å². The fourth-order valence-corrected chi connectivity index (χ4v) is 2.99. The van der Waals surface area contributed by atoms with E-state index in [1.807, 2.05) is 12.3 Å². The average molecular weight is 270 g/mol. The molecular formula is C17H22N2O. The van der Waals surface area contributed by atoms with Crippen molar-refractivity contribution < 1.29 is 4.74 Å². The number of hydrogen-bond acceptors (Lipinski definition) is 3. The quantitative estimate of drug-likeness (QED) is 0.905. The minimum atomic E-state index is 0.401. The molecule has 2 atom stereocenters. The van der Waals surface area contributed by atoms with Crippen molar-refractivity contribution in [3.05, 3.63) is 42.1 Å². The zero-order chi connectivity index (χ0) is 13.8. The summed E-state index contributed by atoms with van der Waals surface area (Å²) in [6.45, 7) is 4.98. The fraction of sp³-hybridized carbons (Fsp3) is 0.471. The number of ether oxygens (including phenoxy) is 1. The van der Waals surface area contributed by atoms with Crippen LogP contribution in [0.1, 0.15) is 31.4 Å². The van der Waals surface area contributed by atoms with Crippen LogP contribution in [0, 0.1) is 5.92 Å². The largest absolute Gasteiger partial charge is 0.381 e. The number of fused-ring (bicyclic) bond motifs is 1. The molecule has 0 bridgehead atoms. The third-order valence-electron chi connectivity index (χ3n) is 4.08. The lowest BCUT2D eigenvalue weighted by Crippen LogP contribution is -2.23. The van der Waals surface area contributed by atoms with Gasteiger partial charge in [-0.25, -0.2) is 0 Å². The molecule has 2 heterocycles. The number of nitrogens with one attached hydrogen (secondary N) is 1. The number of pyridine rings is 1. The van der Waals surface area contributed by atoms with E-state index in [4.69, 9.17) is 4.74 Å². The zero-order valence-corrected chi connectivity index (χ0v) is 12.0. The molecule has 0 aliphatic carbocycles. The maximum atomic E-state index is 5.50. The molecule has 3 nitrogen and oxygen atoms in total. The van der Waals surface area contributed by atoms with Gasteiger partial charge >= 0.3 is 0 Å². The minimum Gasteiger partial charge on any atom is -0.381 e. The molecule has 1 aliphatic heterocycles. The molecule has 0 radical (unpaired) electrons. The van der Waals surface area contributed by atoms with Gasteiger partial charge in [-0.05, 0) is 43.0 Å². The second kappa shape index (κ2) is 6.33. The number of aromatic nitrogens is 1. The van der Waals surface area contributed by atoms with Crippen molar-refractivity contribution in [3.8, 4) is 0 Å². The first-order chi connectivity index (χ1) is 9.86. The normalized spacial score (nSPS) is 20.4. The van der Waals surface area contributed by atoms with Crippen LogP contribution in [0.25, 0.3) is 10.9 Å². The second-order valence-electron chi connectivity index (χ2n) is 5.53. The van der Waals surface area contributed by atoms with Gasteiger partial charge in [0.25, 0.3) is 0 Å². The van der Waals surface area contributed by atoms with Gasteiger partial charge in [0.15, 0.2) is 0 Å². The van der Waals surface area contributed by atoms with Crippen molar-refractivity contribution >= 4 is 10.9 Å².